The van der Waals surface area contributed by atoms with Gasteiger partial charge in [0.1, 0.15) is 0 Å². The third-order valence-corrected chi connectivity index (χ3v) is 5.44. The van der Waals surface area contributed by atoms with E-state index in [0.29, 0.717) is 24.9 Å². The molecule has 1 fully saturated rings. The smallest absolute Gasteiger partial charge is 0.416 e. The summed E-state index contributed by atoms with van der Waals surface area (Å²) in [5, 5.41) is 9.39. The quantitative estimate of drug-likeness (QED) is 0.694. The first-order chi connectivity index (χ1) is 12.8. The van der Waals surface area contributed by atoms with Crippen LogP contribution in [0.5, 0.6) is 0 Å². The van der Waals surface area contributed by atoms with Crippen molar-refractivity contribution in [2.45, 2.75) is 25.1 Å². The van der Waals surface area contributed by atoms with Gasteiger partial charge in [0, 0.05) is 11.0 Å². The lowest BCUT2D eigenvalue weighted by Crippen LogP contribution is -2.41. The maximum absolute atomic E-state index is 13.6. The highest BCUT2D eigenvalue weighted by Gasteiger charge is 2.38. The van der Waals surface area contributed by atoms with Crippen molar-refractivity contribution < 1.29 is 23.1 Å². The fourth-order valence-corrected chi connectivity index (χ4v) is 3.93. The molecule has 0 radical (unpaired) electrons. The molecule has 0 saturated carbocycles. The van der Waals surface area contributed by atoms with E-state index in [1.807, 2.05) is 4.90 Å². The molecule has 2 aromatic carbocycles. The molecule has 7 heteroatoms. The van der Waals surface area contributed by atoms with Gasteiger partial charge in [-0.05, 0) is 48.7 Å². The Morgan fingerprint density at radius 1 is 1.15 bits per heavy atom. The first kappa shape index (κ1) is 19.9. The van der Waals surface area contributed by atoms with Crippen molar-refractivity contribution in [3.8, 4) is 0 Å². The number of likely N-dealkylation sites (tertiary alicyclic amines) is 1. The second-order valence-electron chi connectivity index (χ2n) is 6.71. The average molecular weight is 442 g/mol. The predicted molar refractivity (Wildman–Crippen MR) is 99.4 cm³/mol. The Morgan fingerprint density at radius 2 is 1.81 bits per heavy atom. The number of hydrogen-bond donors (Lipinski definition) is 1. The van der Waals surface area contributed by atoms with Crippen molar-refractivity contribution in [1.82, 2.24) is 4.90 Å². The molecular formula is C20H19BrF3NO2. The average Bonchev–Trinajstić information content (AvgIpc) is 2.63. The topological polar surface area (TPSA) is 40.5 Å². The van der Waals surface area contributed by atoms with Crippen molar-refractivity contribution in [2.75, 3.05) is 13.1 Å². The van der Waals surface area contributed by atoms with Gasteiger partial charge >= 0.3 is 12.1 Å². The molecule has 144 valence electrons. The fraction of sp³-hybridized carbons (Fsp3) is 0.350. The molecule has 0 aromatic heterocycles. The molecule has 2 atom stereocenters. The molecule has 1 aliphatic rings. The van der Waals surface area contributed by atoms with Crippen LogP contribution in [0.25, 0.3) is 0 Å². The Morgan fingerprint density at radius 3 is 2.44 bits per heavy atom. The highest BCUT2D eigenvalue weighted by molar-refractivity contribution is 9.10. The van der Waals surface area contributed by atoms with E-state index in [-0.39, 0.29) is 12.1 Å². The summed E-state index contributed by atoms with van der Waals surface area (Å²) in [6, 6.07) is 12.0. The van der Waals surface area contributed by atoms with Crippen LogP contribution >= 0.6 is 15.9 Å². The van der Waals surface area contributed by atoms with E-state index in [2.05, 4.69) is 15.9 Å². The minimum atomic E-state index is -4.48. The van der Waals surface area contributed by atoms with Crippen LogP contribution in [0.2, 0.25) is 0 Å². The predicted octanol–water partition coefficient (Wildman–Crippen LogP) is 5.35. The SMILES string of the molecule is O=C(O)C1CCCN(C(c2ccc(Br)cc2)c2ccccc2C(F)(F)F)C1. The monoisotopic (exact) mass is 441 g/mol. The van der Waals surface area contributed by atoms with E-state index in [1.54, 1.807) is 30.3 Å². The molecule has 2 aromatic rings. The van der Waals surface area contributed by atoms with Crippen LogP contribution in [-0.2, 0) is 11.0 Å². The maximum Gasteiger partial charge on any atom is 0.416 e. The lowest BCUT2D eigenvalue weighted by atomic mass is 9.89. The number of hydrogen-bond acceptors (Lipinski definition) is 2. The van der Waals surface area contributed by atoms with Crippen LogP contribution in [0, 0.1) is 5.92 Å². The molecule has 1 heterocycles. The molecule has 2 unspecified atom stereocenters. The molecule has 0 bridgehead atoms. The third-order valence-electron chi connectivity index (χ3n) is 4.91. The first-order valence-corrected chi connectivity index (χ1v) is 9.45. The van der Waals surface area contributed by atoms with Gasteiger partial charge in [0.25, 0.3) is 0 Å². The number of halogens is 4. The minimum absolute atomic E-state index is 0.151. The van der Waals surface area contributed by atoms with Crippen molar-refractivity contribution in [1.29, 1.82) is 0 Å². The van der Waals surface area contributed by atoms with Gasteiger partial charge in [-0.25, -0.2) is 0 Å². The minimum Gasteiger partial charge on any atom is -0.481 e. The Kier molecular flexibility index (Phi) is 5.91. The number of nitrogens with zero attached hydrogens (tertiary/aromatic N) is 1. The van der Waals surface area contributed by atoms with E-state index in [1.165, 1.54) is 12.1 Å². The zero-order valence-corrected chi connectivity index (χ0v) is 16.0. The molecule has 1 N–H and O–H groups in total. The summed E-state index contributed by atoms with van der Waals surface area (Å²) in [4.78, 5) is 13.3. The van der Waals surface area contributed by atoms with E-state index in [9.17, 15) is 23.1 Å². The molecule has 1 saturated heterocycles. The number of carboxylic acids is 1. The van der Waals surface area contributed by atoms with Gasteiger partial charge in [-0.1, -0.05) is 46.3 Å². The number of rotatable bonds is 4. The summed E-state index contributed by atoms with van der Waals surface area (Å²) in [5.41, 5.74) is 0.176. The van der Waals surface area contributed by atoms with Gasteiger partial charge in [0.2, 0.25) is 0 Å². The number of benzene rings is 2. The molecule has 0 amide bonds. The number of aliphatic carboxylic acids is 1. The maximum atomic E-state index is 13.6. The summed E-state index contributed by atoms with van der Waals surface area (Å²) in [6.07, 6.45) is -3.30. The zero-order valence-electron chi connectivity index (χ0n) is 14.4. The number of carboxylic acid groups (broad SMARTS) is 1. The second-order valence-corrected chi connectivity index (χ2v) is 7.63. The van der Waals surface area contributed by atoms with Crippen LogP contribution < -0.4 is 0 Å². The normalized spacial score (nSPS) is 19.6. The molecule has 0 spiro atoms. The zero-order chi connectivity index (χ0) is 19.6. The Bertz CT molecular complexity index is 808. The Balaban J connectivity index is 2.09. The fourth-order valence-electron chi connectivity index (χ4n) is 3.67. The Hall–Kier alpha value is -1.86. The first-order valence-electron chi connectivity index (χ1n) is 8.66. The van der Waals surface area contributed by atoms with Crippen molar-refractivity contribution in [3.63, 3.8) is 0 Å². The summed E-state index contributed by atoms with van der Waals surface area (Å²) in [6.45, 7) is 0.777. The number of piperidine rings is 1. The van der Waals surface area contributed by atoms with Crippen molar-refractivity contribution in [2.24, 2.45) is 5.92 Å². The van der Waals surface area contributed by atoms with Gasteiger partial charge in [-0.2, -0.15) is 13.2 Å². The van der Waals surface area contributed by atoms with Crippen LogP contribution in [0.4, 0.5) is 13.2 Å². The summed E-state index contributed by atoms with van der Waals surface area (Å²) in [5.74, 6) is -1.48. The largest absolute Gasteiger partial charge is 0.481 e. The highest BCUT2D eigenvalue weighted by atomic mass is 79.9. The van der Waals surface area contributed by atoms with Gasteiger partial charge in [-0.3, -0.25) is 9.69 Å². The van der Waals surface area contributed by atoms with E-state index in [0.717, 1.165) is 10.5 Å². The summed E-state index contributed by atoms with van der Waals surface area (Å²) < 4.78 is 41.8. The number of carbonyl (C=O) groups is 1. The van der Waals surface area contributed by atoms with Crippen molar-refractivity contribution >= 4 is 21.9 Å². The molecule has 1 aliphatic heterocycles. The highest BCUT2D eigenvalue weighted by Crippen LogP contribution is 2.40. The lowest BCUT2D eigenvalue weighted by Gasteiger charge is -2.38. The summed E-state index contributed by atoms with van der Waals surface area (Å²) in [7, 11) is 0. The molecule has 27 heavy (non-hydrogen) atoms. The lowest BCUT2D eigenvalue weighted by molar-refractivity contribution is -0.144. The van der Waals surface area contributed by atoms with Crippen LogP contribution in [0.3, 0.4) is 0 Å². The standard InChI is InChI=1S/C20H19BrF3NO2/c21-15-9-7-13(8-10-15)18(25-11-3-4-14(12-25)19(26)27)16-5-1-2-6-17(16)20(22,23)24/h1-2,5-10,14,18H,3-4,11-12H2,(H,26,27). The molecular weight excluding hydrogens is 423 g/mol. The van der Waals surface area contributed by atoms with Gasteiger partial charge < -0.3 is 5.11 Å². The Labute approximate surface area is 163 Å². The van der Waals surface area contributed by atoms with E-state index >= 15 is 0 Å². The van der Waals surface area contributed by atoms with E-state index in [4.69, 9.17) is 0 Å². The number of alkyl halides is 3. The molecule has 0 aliphatic carbocycles. The van der Waals surface area contributed by atoms with Crippen LogP contribution in [0.15, 0.2) is 53.0 Å². The van der Waals surface area contributed by atoms with Gasteiger partial charge in [-0.15, -0.1) is 0 Å². The van der Waals surface area contributed by atoms with E-state index < -0.39 is 29.7 Å². The van der Waals surface area contributed by atoms with Crippen LogP contribution in [-0.4, -0.2) is 29.1 Å². The van der Waals surface area contributed by atoms with Gasteiger partial charge in [0.15, 0.2) is 0 Å². The van der Waals surface area contributed by atoms with Crippen molar-refractivity contribution in [3.05, 3.63) is 69.7 Å². The third kappa shape index (κ3) is 4.52. The van der Waals surface area contributed by atoms with Gasteiger partial charge in [0.05, 0.1) is 17.5 Å². The molecule has 3 rings (SSSR count). The molecule has 3 nitrogen and oxygen atoms in total. The second kappa shape index (κ2) is 8.02. The van der Waals surface area contributed by atoms with Crippen LogP contribution in [0.1, 0.15) is 35.6 Å². The summed E-state index contributed by atoms with van der Waals surface area (Å²) >= 11 is 3.35.